The van der Waals surface area contributed by atoms with Gasteiger partial charge >= 0.3 is 0 Å². The van der Waals surface area contributed by atoms with Gasteiger partial charge in [0.25, 0.3) is 0 Å². The molecule has 2 atom stereocenters. The molecule has 6 heteroatoms. The van der Waals surface area contributed by atoms with Crippen LogP contribution in [0.4, 0.5) is 4.39 Å². The van der Waals surface area contributed by atoms with E-state index in [9.17, 15) is 9.18 Å². The van der Waals surface area contributed by atoms with Gasteiger partial charge in [-0.05, 0) is 66.7 Å². The summed E-state index contributed by atoms with van der Waals surface area (Å²) >= 11 is 5.11. The normalized spacial score (nSPS) is 13.8. The lowest BCUT2D eigenvalue weighted by molar-refractivity contribution is -0.126. The second-order valence-corrected chi connectivity index (χ2v) is 8.13. The van der Waals surface area contributed by atoms with Crippen LogP contribution >= 0.6 is 27.3 Å². The van der Waals surface area contributed by atoms with Crippen molar-refractivity contribution in [2.45, 2.75) is 32.5 Å². The van der Waals surface area contributed by atoms with E-state index in [1.54, 1.807) is 23.5 Å². The summed E-state index contributed by atoms with van der Waals surface area (Å²) in [6.45, 7) is 4.50. The lowest BCUT2D eigenvalue weighted by Gasteiger charge is -2.25. The van der Waals surface area contributed by atoms with Crippen LogP contribution in [-0.2, 0) is 11.3 Å². The monoisotopic (exact) mass is 398 g/mol. The van der Waals surface area contributed by atoms with E-state index in [2.05, 4.69) is 27.3 Å². The predicted octanol–water partition coefficient (Wildman–Crippen LogP) is 4.35. The van der Waals surface area contributed by atoms with Gasteiger partial charge in [-0.25, -0.2) is 4.39 Å². The highest BCUT2D eigenvalue weighted by molar-refractivity contribution is 9.11. The van der Waals surface area contributed by atoms with E-state index < -0.39 is 0 Å². The molecule has 0 bridgehead atoms. The smallest absolute Gasteiger partial charge is 0.237 e. The zero-order valence-corrected chi connectivity index (χ0v) is 15.7. The van der Waals surface area contributed by atoms with Crippen LogP contribution in [0.25, 0.3) is 0 Å². The first-order valence-corrected chi connectivity index (χ1v) is 8.98. The van der Waals surface area contributed by atoms with E-state index in [-0.39, 0.29) is 23.8 Å². The number of amides is 1. The van der Waals surface area contributed by atoms with Gasteiger partial charge in [0, 0.05) is 11.4 Å². The summed E-state index contributed by atoms with van der Waals surface area (Å²) in [5.41, 5.74) is 0.886. The molecule has 0 saturated carbocycles. The van der Waals surface area contributed by atoms with Gasteiger partial charge in [0.05, 0.1) is 15.9 Å². The Morgan fingerprint density at radius 3 is 2.48 bits per heavy atom. The summed E-state index contributed by atoms with van der Waals surface area (Å²) in [6, 6.07) is 9.85. The molecule has 0 saturated heterocycles. The number of halogens is 2. The van der Waals surface area contributed by atoms with Gasteiger partial charge in [0.2, 0.25) is 5.91 Å². The van der Waals surface area contributed by atoms with Gasteiger partial charge in [0.15, 0.2) is 0 Å². The van der Waals surface area contributed by atoms with E-state index in [0.29, 0.717) is 0 Å². The molecule has 0 fully saturated rings. The van der Waals surface area contributed by atoms with Crippen molar-refractivity contribution < 1.29 is 9.18 Å². The largest absolute Gasteiger partial charge is 0.348 e. The molecule has 2 aromatic rings. The molecule has 1 amide bonds. The van der Waals surface area contributed by atoms with E-state index in [1.807, 2.05) is 31.9 Å². The molecule has 0 aliphatic heterocycles. The molecule has 124 valence electrons. The summed E-state index contributed by atoms with van der Waals surface area (Å²) in [7, 11) is 1.93. The number of thiophene rings is 1. The highest BCUT2D eigenvalue weighted by atomic mass is 79.9. The van der Waals surface area contributed by atoms with Crippen molar-refractivity contribution >= 4 is 33.2 Å². The fourth-order valence-corrected chi connectivity index (χ4v) is 3.74. The minimum atomic E-state index is -0.275. The molecule has 1 aromatic carbocycles. The van der Waals surface area contributed by atoms with Crippen LogP contribution in [0, 0.1) is 5.82 Å². The summed E-state index contributed by atoms with van der Waals surface area (Å²) in [5.74, 6) is -0.317. The number of hydrogen-bond acceptors (Lipinski definition) is 3. The third kappa shape index (κ3) is 5.12. The summed E-state index contributed by atoms with van der Waals surface area (Å²) in [4.78, 5) is 15.6. The van der Waals surface area contributed by atoms with Crippen molar-refractivity contribution in [1.29, 1.82) is 0 Å². The highest BCUT2D eigenvalue weighted by Gasteiger charge is 2.20. The van der Waals surface area contributed by atoms with Crippen molar-refractivity contribution in [3.8, 4) is 0 Å². The first-order chi connectivity index (χ1) is 10.9. The van der Waals surface area contributed by atoms with Crippen molar-refractivity contribution in [3.63, 3.8) is 0 Å². The third-order valence-electron chi connectivity index (χ3n) is 3.80. The summed E-state index contributed by atoms with van der Waals surface area (Å²) in [6.07, 6.45) is 0. The minimum Gasteiger partial charge on any atom is -0.348 e. The standard InChI is InChI=1S/C17H20BrFN2OS/c1-11(13-4-6-14(19)7-5-13)20-17(22)12(2)21(3)10-15-8-9-16(18)23-15/h4-9,11-12H,10H2,1-3H3,(H,20,22). The van der Waals surface area contributed by atoms with Crippen molar-refractivity contribution in [2.24, 2.45) is 0 Å². The van der Waals surface area contributed by atoms with Crippen LogP contribution < -0.4 is 5.32 Å². The van der Waals surface area contributed by atoms with Crippen LogP contribution in [0.15, 0.2) is 40.2 Å². The van der Waals surface area contributed by atoms with Gasteiger partial charge in [0.1, 0.15) is 5.82 Å². The van der Waals surface area contributed by atoms with Crippen LogP contribution in [0.1, 0.15) is 30.3 Å². The lowest BCUT2D eigenvalue weighted by Crippen LogP contribution is -2.43. The first kappa shape index (κ1) is 18.1. The van der Waals surface area contributed by atoms with E-state index in [4.69, 9.17) is 0 Å². The Balaban J connectivity index is 1.92. The number of nitrogens with zero attached hydrogens (tertiary/aromatic N) is 1. The Hall–Kier alpha value is -1.24. The van der Waals surface area contributed by atoms with Crippen LogP contribution in [-0.4, -0.2) is 23.9 Å². The molecule has 0 aliphatic carbocycles. The van der Waals surface area contributed by atoms with Gasteiger partial charge in [-0.2, -0.15) is 0 Å². The Morgan fingerprint density at radius 1 is 1.26 bits per heavy atom. The van der Waals surface area contributed by atoms with E-state index >= 15 is 0 Å². The number of rotatable bonds is 6. The minimum absolute atomic E-state index is 0.0417. The molecule has 2 rings (SSSR count). The quantitative estimate of drug-likeness (QED) is 0.784. The Kier molecular flexibility index (Phi) is 6.33. The molecule has 23 heavy (non-hydrogen) atoms. The molecule has 1 heterocycles. The SMILES string of the molecule is CC(NC(=O)C(C)N(C)Cc1ccc(Br)s1)c1ccc(F)cc1. The lowest BCUT2D eigenvalue weighted by atomic mass is 10.1. The molecule has 0 aliphatic rings. The number of carbonyl (C=O) groups is 1. The van der Waals surface area contributed by atoms with Gasteiger partial charge in [-0.3, -0.25) is 9.69 Å². The zero-order valence-electron chi connectivity index (χ0n) is 13.3. The number of hydrogen-bond donors (Lipinski definition) is 1. The Labute approximate surface area is 148 Å². The van der Waals surface area contributed by atoms with Gasteiger partial charge < -0.3 is 5.32 Å². The first-order valence-electron chi connectivity index (χ1n) is 7.37. The van der Waals surface area contributed by atoms with Crippen molar-refractivity contribution in [2.75, 3.05) is 7.05 Å². The molecule has 1 N–H and O–H groups in total. The van der Waals surface area contributed by atoms with Crippen molar-refractivity contribution in [3.05, 3.63) is 56.4 Å². The fourth-order valence-electron chi connectivity index (χ4n) is 2.19. The van der Waals surface area contributed by atoms with Gasteiger partial charge in [-0.1, -0.05) is 12.1 Å². The maximum atomic E-state index is 13.0. The van der Waals surface area contributed by atoms with Crippen LogP contribution in [0.5, 0.6) is 0 Å². The van der Waals surface area contributed by atoms with Gasteiger partial charge in [-0.15, -0.1) is 11.3 Å². The average Bonchev–Trinajstić information content (AvgIpc) is 2.92. The third-order valence-corrected chi connectivity index (χ3v) is 5.41. The van der Waals surface area contributed by atoms with Crippen LogP contribution in [0.2, 0.25) is 0 Å². The zero-order chi connectivity index (χ0) is 17.0. The second kappa shape index (κ2) is 8.04. The Morgan fingerprint density at radius 2 is 1.91 bits per heavy atom. The number of likely N-dealkylation sites (N-methyl/N-ethyl adjacent to an activating group) is 1. The molecule has 0 spiro atoms. The fraction of sp³-hybridized carbons (Fsp3) is 0.353. The number of nitrogens with one attached hydrogen (secondary N) is 1. The summed E-state index contributed by atoms with van der Waals surface area (Å²) in [5, 5.41) is 2.98. The molecular formula is C17H20BrFN2OS. The number of carbonyl (C=O) groups excluding carboxylic acids is 1. The van der Waals surface area contributed by atoms with Crippen molar-refractivity contribution in [1.82, 2.24) is 10.2 Å². The van der Waals surface area contributed by atoms with E-state index in [1.165, 1.54) is 17.0 Å². The average molecular weight is 399 g/mol. The van der Waals surface area contributed by atoms with Crippen LogP contribution in [0.3, 0.4) is 0 Å². The van der Waals surface area contributed by atoms with E-state index in [0.717, 1.165) is 15.9 Å². The molecular weight excluding hydrogens is 379 g/mol. The molecule has 2 unspecified atom stereocenters. The second-order valence-electron chi connectivity index (χ2n) is 5.58. The topological polar surface area (TPSA) is 32.3 Å². The summed E-state index contributed by atoms with van der Waals surface area (Å²) < 4.78 is 14.0. The predicted molar refractivity (Wildman–Crippen MR) is 95.9 cm³/mol. The maximum absolute atomic E-state index is 13.0. The Bertz CT molecular complexity index is 659. The molecule has 1 aromatic heterocycles. The highest BCUT2D eigenvalue weighted by Crippen LogP contribution is 2.23. The maximum Gasteiger partial charge on any atom is 0.237 e. The molecule has 0 radical (unpaired) electrons. The molecule has 3 nitrogen and oxygen atoms in total. The number of benzene rings is 1.